The minimum absolute atomic E-state index is 0. The van der Waals surface area contributed by atoms with Crippen LogP contribution < -0.4 is 5.32 Å². The normalized spacial score (nSPS) is 26.5. The monoisotopic (exact) mass is 359 g/mol. The summed E-state index contributed by atoms with van der Waals surface area (Å²) in [5, 5.41) is 3.12. The van der Waals surface area contributed by atoms with Crippen molar-refractivity contribution < 1.29 is 14.3 Å². The van der Waals surface area contributed by atoms with Crippen LogP contribution in [-0.4, -0.2) is 74.1 Å². The Morgan fingerprint density at radius 3 is 2.75 bits per heavy atom. The lowest BCUT2D eigenvalue weighted by Crippen LogP contribution is -2.59. The molecule has 6 nitrogen and oxygen atoms in total. The predicted molar refractivity (Wildman–Crippen MR) is 94.2 cm³/mol. The average molecular weight is 360 g/mol. The summed E-state index contributed by atoms with van der Waals surface area (Å²) in [6.45, 7) is 4.25. The molecule has 7 heteroatoms. The van der Waals surface area contributed by atoms with Crippen LogP contribution in [0.4, 0.5) is 0 Å². The molecule has 3 aliphatic rings. The van der Waals surface area contributed by atoms with E-state index in [0.717, 1.165) is 58.2 Å². The molecule has 138 valence electrons. The van der Waals surface area contributed by atoms with E-state index in [-0.39, 0.29) is 29.8 Å². The summed E-state index contributed by atoms with van der Waals surface area (Å²) in [7, 11) is 1.70. The lowest BCUT2D eigenvalue weighted by molar-refractivity contribution is -0.153. The molecule has 2 amide bonds. The molecule has 3 rings (SSSR count). The smallest absolute Gasteiger partial charge is 0.236 e. The standard InChI is InChI=1S/C17H29N3O3.ClH/c1-23-11-7-17(5-3-6-17)16(22)19-9-2-4-14(13-19)20-10-8-18-12-15(20)21;/h14,18H,2-13H2,1H3;1H. The predicted octanol–water partition coefficient (Wildman–Crippen LogP) is 1.04. The van der Waals surface area contributed by atoms with Crippen molar-refractivity contribution >= 4 is 24.2 Å². The lowest BCUT2D eigenvalue weighted by Gasteiger charge is -2.47. The van der Waals surface area contributed by atoms with E-state index in [1.54, 1.807) is 7.11 Å². The molecule has 2 saturated heterocycles. The van der Waals surface area contributed by atoms with Gasteiger partial charge in [-0.1, -0.05) is 6.42 Å². The van der Waals surface area contributed by atoms with Crippen molar-refractivity contribution in [2.45, 2.75) is 44.6 Å². The van der Waals surface area contributed by atoms with Crippen molar-refractivity contribution in [3.05, 3.63) is 0 Å². The molecule has 2 aliphatic heterocycles. The first-order valence-corrected chi connectivity index (χ1v) is 8.95. The number of methoxy groups -OCH3 is 1. The van der Waals surface area contributed by atoms with E-state index in [9.17, 15) is 9.59 Å². The van der Waals surface area contributed by atoms with Gasteiger partial charge in [0.1, 0.15) is 0 Å². The molecule has 0 spiro atoms. The molecule has 1 saturated carbocycles. The van der Waals surface area contributed by atoms with Crippen molar-refractivity contribution in [1.29, 1.82) is 0 Å². The Labute approximate surface area is 150 Å². The third kappa shape index (κ3) is 3.86. The van der Waals surface area contributed by atoms with Gasteiger partial charge in [-0.05, 0) is 32.1 Å². The Hall–Kier alpha value is -0.850. The van der Waals surface area contributed by atoms with E-state index in [0.29, 0.717) is 25.6 Å². The minimum Gasteiger partial charge on any atom is -0.385 e. The molecule has 2 heterocycles. The van der Waals surface area contributed by atoms with E-state index in [4.69, 9.17) is 4.74 Å². The zero-order valence-corrected chi connectivity index (χ0v) is 15.4. The SMILES string of the molecule is COCCC1(C(=O)N2CCCC(N3CCNCC3=O)C2)CCC1.Cl. The number of piperidine rings is 1. The fourth-order valence-corrected chi connectivity index (χ4v) is 4.21. The highest BCUT2D eigenvalue weighted by molar-refractivity contribution is 5.85. The molecule has 0 aromatic heterocycles. The molecule has 1 atom stereocenters. The van der Waals surface area contributed by atoms with E-state index in [1.165, 1.54) is 0 Å². The number of hydrogen-bond donors (Lipinski definition) is 1. The minimum atomic E-state index is -0.189. The van der Waals surface area contributed by atoms with Crippen molar-refractivity contribution in [2.75, 3.05) is 46.4 Å². The molecule has 0 aromatic rings. The number of rotatable bonds is 5. The molecule has 0 bridgehead atoms. The summed E-state index contributed by atoms with van der Waals surface area (Å²) in [4.78, 5) is 29.2. The van der Waals surface area contributed by atoms with Gasteiger partial charge in [0.15, 0.2) is 0 Å². The molecular formula is C17H30ClN3O3. The highest BCUT2D eigenvalue weighted by Gasteiger charge is 2.46. The first-order chi connectivity index (χ1) is 11.2. The van der Waals surface area contributed by atoms with Crippen molar-refractivity contribution in [3.8, 4) is 0 Å². The van der Waals surface area contributed by atoms with Crippen LogP contribution in [0.3, 0.4) is 0 Å². The fraction of sp³-hybridized carbons (Fsp3) is 0.882. The molecule has 3 fully saturated rings. The van der Waals surface area contributed by atoms with Gasteiger partial charge >= 0.3 is 0 Å². The van der Waals surface area contributed by atoms with Crippen LogP contribution in [-0.2, 0) is 14.3 Å². The van der Waals surface area contributed by atoms with E-state index < -0.39 is 0 Å². The van der Waals surface area contributed by atoms with Crippen LogP contribution in [0.25, 0.3) is 0 Å². The maximum Gasteiger partial charge on any atom is 0.236 e. The summed E-state index contributed by atoms with van der Waals surface area (Å²) in [5.41, 5.74) is -0.189. The van der Waals surface area contributed by atoms with Crippen molar-refractivity contribution in [3.63, 3.8) is 0 Å². The van der Waals surface area contributed by atoms with Gasteiger partial charge in [0.25, 0.3) is 0 Å². The Morgan fingerprint density at radius 1 is 1.33 bits per heavy atom. The fourth-order valence-electron chi connectivity index (χ4n) is 4.21. The van der Waals surface area contributed by atoms with Crippen molar-refractivity contribution in [2.24, 2.45) is 5.41 Å². The summed E-state index contributed by atoms with van der Waals surface area (Å²) >= 11 is 0. The number of carbonyl (C=O) groups excluding carboxylic acids is 2. The zero-order chi connectivity index (χ0) is 16.3. The maximum absolute atomic E-state index is 13.1. The number of carbonyl (C=O) groups is 2. The Morgan fingerprint density at radius 2 is 2.12 bits per heavy atom. The van der Waals surface area contributed by atoms with Gasteiger partial charge in [0, 0.05) is 45.9 Å². The Bertz CT molecular complexity index is 456. The van der Waals surface area contributed by atoms with Crippen LogP contribution in [0.5, 0.6) is 0 Å². The van der Waals surface area contributed by atoms with Crippen LogP contribution >= 0.6 is 12.4 Å². The van der Waals surface area contributed by atoms with Gasteiger partial charge < -0.3 is 19.9 Å². The number of halogens is 1. The first-order valence-electron chi connectivity index (χ1n) is 8.95. The highest BCUT2D eigenvalue weighted by atomic mass is 35.5. The quantitative estimate of drug-likeness (QED) is 0.796. The summed E-state index contributed by atoms with van der Waals surface area (Å²) in [6.07, 6.45) is 5.96. The second-order valence-corrected chi connectivity index (χ2v) is 7.19. The first kappa shape index (κ1) is 19.5. The third-order valence-corrected chi connectivity index (χ3v) is 5.80. The zero-order valence-electron chi connectivity index (χ0n) is 14.6. The Balaban J connectivity index is 0.00000208. The molecule has 1 unspecified atom stereocenters. The van der Waals surface area contributed by atoms with Gasteiger partial charge in [-0.3, -0.25) is 9.59 Å². The van der Waals surface area contributed by atoms with Crippen LogP contribution in [0.1, 0.15) is 38.5 Å². The van der Waals surface area contributed by atoms with Gasteiger partial charge in [0.2, 0.25) is 11.8 Å². The van der Waals surface area contributed by atoms with Gasteiger partial charge in [-0.25, -0.2) is 0 Å². The second kappa shape index (κ2) is 8.50. The number of piperazine rings is 1. The summed E-state index contributed by atoms with van der Waals surface area (Å²) in [5.74, 6) is 0.473. The van der Waals surface area contributed by atoms with E-state index >= 15 is 0 Å². The molecular weight excluding hydrogens is 330 g/mol. The third-order valence-electron chi connectivity index (χ3n) is 5.80. The molecule has 0 aromatic carbocycles. The number of hydrogen-bond acceptors (Lipinski definition) is 4. The molecule has 0 radical (unpaired) electrons. The van der Waals surface area contributed by atoms with Gasteiger partial charge in [0.05, 0.1) is 12.0 Å². The number of ether oxygens (including phenoxy) is 1. The number of likely N-dealkylation sites (tertiary alicyclic amines) is 1. The lowest BCUT2D eigenvalue weighted by atomic mass is 9.65. The largest absolute Gasteiger partial charge is 0.385 e. The number of amides is 2. The second-order valence-electron chi connectivity index (χ2n) is 7.19. The van der Waals surface area contributed by atoms with Gasteiger partial charge in [-0.2, -0.15) is 0 Å². The molecule has 1 N–H and O–H groups in total. The topological polar surface area (TPSA) is 61.9 Å². The number of nitrogens with zero attached hydrogens (tertiary/aromatic N) is 2. The van der Waals surface area contributed by atoms with E-state index in [2.05, 4.69) is 5.32 Å². The summed E-state index contributed by atoms with van der Waals surface area (Å²) < 4.78 is 5.21. The van der Waals surface area contributed by atoms with Gasteiger partial charge in [-0.15, -0.1) is 12.4 Å². The van der Waals surface area contributed by atoms with Crippen LogP contribution in [0.2, 0.25) is 0 Å². The van der Waals surface area contributed by atoms with E-state index in [1.807, 2.05) is 9.80 Å². The number of nitrogens with one attached hydrogen (secondary N) is 1. The maximum atomic E-state index is 13.1. The molecule has 1 aliphatic carbocycles. The Kier molecular flexibility index (Phi) is 6.89. The highest BCUT2D eigenvalue weighted by Crippen LogP contribution is 2.46. The summed E-state index contributed by atoms with van der Waals surface area (Å²) in [6, 6.07) is 0.196. The van der Waals surface area contributed by atoms with Crippen LogP contribution in [0, 0.1) is 5.41 Å². The van der Waals surface area contributed by atoms with Crippen molar-refractivity contribution in [1.82, 2.24) is 15.1 Å². The van der Waals surface area contributed by atoms with Crippen LogP contribution in [0.15, 0.2) is 0 Å². The average Bonchev–Trinajstić information content (AvgIpc) is 2.54. The molecule has 24 heavy (non-hydrogen) atoms.